The van der Waals surface area contributed by atoms with Crippen molar-refractivity contribution in [1.82, 2.24) is 4.72 Å². The Morgan fingerprint density at radius 2 is 1.38 bits per heavy atom. The first kappa shape index (κ1) is 21.0. The van der Waals surface area contributed by atoms with Gasteiger partial charge in [0.2, 0.25) is 10.0 Å². The molecule has 2 rings (SSSR count). The minimum Gasteiger partial charge on any atom is -0.208 e. The van der Waals surface area contributed by atoms with Crippen molar-refractivity contribution in [2.24, 2.45) is 5.92 Å². The van der Waals surface area contributed by atoms with Crippen LogP contribution in [-0.2, 0) is 22.4 Å². The molecule has 1 fully saturated rings. The third kappa shape index (κ3) is 5.12. The van der Waals surface area contributed by atoms with Crippen molar-refractivity contribution in [1.29, 1.82) is 0 Å². The first-order chi connectivity index (χ1) is 11.8. The maximum atomic E-state index is 12.9. The Hall–Kier alpha value is -1.29. The monoisotopic (exact) mass is 403 g/mol. The molecule has 1 aliphatic carbocycles. The number of benzene rings is 1. The summed E-state index contributed by atoms with van der Waals surface area (Å²) in [5, 5.41) is 0. The van der Waals surface area contributed by atoms with E-state index < -0.39 is 44.4 Å². The summed E-state index contributed by atoms with van der Waals surface area (Å²) in [5.74, 6) is 0.00594. The predicted molar refractivity (Wildman–Crippen MR) is 82.8 cm³/mol. The molecule has 0 bridgehead atoms. The van der Waals surface area contributed by atoms with Gasteiger partial charge in [0.15, 0.2) is 0 Å². The molecule has 1 aromatic rings. The van der Waals surface area contributed by atoms with Gasteiger partial charge in [-0.15, -0.1) is 0 Å². The lowest BCUT2D eigenvalue weighted by atomic mass is 9.85. The lowest BCUT2D eigenvalue weighted by Crippen LogP contribution is -2.39. The van der Waals surface area contributed by atoms with Gasteiger partial charge in [0.05, 0.1) is 16.0 Å². The average molecular weight is 403 g/mol. The number of sulfonamides is 1. The number of hydrogen-bond acceptors (Lipinski definition) is 2. The van der Waals surface area contributed by atoms with Gasteiger partial charge >= 0.3 is 12.4 Å². The van der Waals surface area contributed by atoms with E-state index in [4.69, 9.17) is 0 Å². The highest BCUT2D eigenvalue weighted by molar-refractivity contribution is 7.89. The van der Waals surface area contributed by atoms with E-state index in [0.29, 0.717) is 0 Å². The molecular formula is C16H19F6NO2S. The third-order valence-corrected chi connectivity index (χ3v) is 6.11. The Bertz CT molecular complexity index is 704. The third-order valence-electron chi connectivity index (χ3n) is 4.57. The van der Waals surface area contributed by atoms with Gasteiger partial charge in [0, 0.05) is 6.04 Å². The van der Waals surface area contributed by atoms with E-state index in [1.165, 1.54) is 0 Å². The Morgan fingerprint density at radius 3 is 1.81 bits per heavy atom. The molecule has 1 aliphatic rings. The van der Waals surface area contributed by atoms with Crippen LogP contribution in [0.5, 0.6) is 0 Å². The molecule has 0 heterocycles. The van der Waals surface area contributed by atoms with Gasteiger partial charge in [0.1, 0.15) is 0 Å². The molecule has 0 aliphatic heterocycles. The summed E-state index contributed by atoms with van der Waals surface area (Å²) in [7, 11) is -4.52. The molecule has 148 valence electrons. The van der Waals surface area contributed by atoms with Gasteiger partial charge in [-0.2, -0.15) is 26.3 Å². The molecule has 26 heavy (non-hydrogen) atoms. The minimum atomic E-state index is -5.10. The van der Waals surface area contributed by atoms with Crippen molar-refractivity contribution < 1.29 is 34.8 Å². The van der Waals surface area contributed by atoms with E-state index in [9.17, 15) is 34.8 Å². The molecule has 0 aromatic heterocycles. The summed E-state index contributed by atoms with van der Waals surface area (Å²) in [4.78, 5) is -1.04. The molecule has 1 aromatic carbocycles. The van der Waals surface area contributed by atoms with Crippen molar-refractivity contribution in [3.05, 3.63) is 29.3 Å². The van der Waals surface area contributed by atoms with Crippen LogP contribution >= 0.6 is 0 Å². The highest BCUT2D eigenvalue weighted by Gasteiger charge is 2.38. The van der Waals surface area contributed by atoms with E-state index in [-0.39, 0.29) is 24.1 Å². The van der Waals surface area contributed by atoms with Gasteiger partial charge in [-0.25, -0.2) is 13.1 Å². The number of rotatable bonds is 4. The zero-order valence-electron chi connectivity index (χ0n) is 13.9. The van der Waals surface area contributed by atoms with E-state index in [0.717, 1.165) is 32.1 Å². The van der Waals surface area contributed by atoms with Crippen LogP contribution in [-0.4, -0.2) is 14.5 Å². The summed E-state index contributed by atoms with van der Waals surface area (Å²) in [6.45, 7) is 1.58. The number of hydrogen-bond donors (Lipinski definition) is 1. The van der Waals surface area contributed by atoms with E-state index in [1.54, 1.807) is 6.92 Å². The van der Waals surface area contributed by atoms with Crippen LogP contribution in [0.3, 0.4) is 0 Å². The smallest absolute Gasteiger partial charge is 0.208 e. The Labute approximate surface area is 147 Å². The van der Waals surface area contributed by atoms with Crippen molar-refractivity contribution in [2.75, 3.05) is 0 Å². The van der Waals surface area contributed by atoms with Crippen molar-refractivity contribution >= 4 is 10.0 Å². The zero-order valence-corrected chi connectivity index (χ0v) is 14.7. The second kappa shape index (κ2) is 7.38. The van der Waals surface area contributed by atoms with Gasteiger partial charge in [-0.3, -0.25) is 0 Å². The summed E-state index contributed by atoms with van der Waals surface area (Å²) in [6, 6.07) is -0.218. The van der Waals surface area contributed by atoms with Crippen molar-refractivity contribution in [2.45, 2.75) is 62.3 Å². The molecule has 3 nitrogen and oxygen atoms in total. The Balaban J connectivity index is 2.38. The maximum Gasteiger partial charge on any atom is 0.416 e. The molecule has 0 spiro atoms. The minimum absolute atomic E-state index is 0.00594. The van der Waals surface area contributed by atoms with E-state index in [1.807, 2.05) is 0 Å². The average Bonchev–Trinajstić information content (AvgIpc) is 2.53. The highest BCUT2D eigenvalue weighted by Crippen LogP contribution is 2.37. The van der Waals surface area contributed by atoms with Gasteiger partial charge in [-0.1, -0.05) is 19.3 Å². The van der Waals surface area contributed by atoms with Crippen LogP contribution in [0.25, 0.3) is 0 Å². The van der Waals surface area contributed by atoms with Crippen molar-refractivity contribution in [3.8, 4) is 0 Å². The summed E-state index contributed by atoms with van der Waals surface area (Å²) < 4.78 is 104. The molecule has 1 saturated carbocycles. The molecule has 10 heteroatoms. The fourth-order valence-corrected chi connectivity index (χ4v) is 4.51. The molecular weight excluding hydrogens is 384 g/mol. The summed E-state index contributed by atoms with van der Waals surface area (Å²) in [5.41, 5.74) is -3.31. The highest BCUT2D eigenvalue weighted by atomic mass is 32.2. The van der Waals surface area contributed by atoms with Crippen LogP contribution in [0.15, 0.2) is 23.1 Å². The quantitative estimate of drug-likeness (QED) is 0.722. The first-order valence-electron chi connectivity index (χ1n) is 8.12. The summed E-state index contributed by atoms with van der Waals surface area (Å²) in [6.07, 6.45) is -5.81. The maximum absolute atomic E-state index is 12.9. The van der Waals surface area contributed by atoms with Crippen LogP contribution in [0.1, 0.15) is 50.2 Å². The Morgan fingerprint density at radius 1 is 0.923 bits per heavy atom. The molecule has 0 amide bonds. The van der Waals surface area contributed by atoms with Gasteiger partial charge < -0.3 is 0 Å². The standard InChI is InChI=1S/C16H19F6NO2S/c1-10(11-5-3-2-4-6-11)23-26(24,25)14-8-12(15(17,18)19)7-13(9-14)16(20,21)22/h7-11,23H,2-6H2,1H3. The predicted octanol–water partition coefficient (Wildman–Crippen LogP) is 4.97. The van der Waals surface area contributed by atoms with Crippen LogP contribution in [0, 0.1) is 5.92 Å². The summed E-state index contributed by atoms with van der Waals surface area (Å²) >= 11 is 0. The van der Waals surface area contributed by atoms with Crippen molar-refractivity contribution in [3.63, 3.8) is 0 Å². The zero-order chi connectivity index (χ0) is 19.8. The largest absolute Gasteiger partial charge is 0.416 e. The molecule has 1 atom stereocenters. The van der Waals surface area contributed by atoms with Crippen LogP contribution < -0.4 is 4.72 Å². The fraction of sp³-hybridized carbons (Fsp3) is 0.625. The van der Waals surface area contributed by atoms with Gasteiger partial charge in [0.25, 0.3) is 0 Å². The second-order valence-corrected chi connectivity index (χ2v) is 8.26. The normalized spacial score (nSPS) is 18.7. The van der Waals surface area contributed by atoms with E-state index >= 15 is 0 Å². The Kier molecular flexibility index (Phi) is 5.96. The number of nitrogens with one attached hydrogen (secondary N) is 1. The molecule has 1 N–H and O–H groups in total. The fourth-order valence-electron chi connectivity index (χ4n) is 3.12. The first-order valence-corrected chi connectivity index (χ1v) is 9.61. The lowest BCUT2D eigenvalue weighted by Gasteiger charge is -2.28. The number of halogens is 6. The molecule has 0 radical (unpaired) electrons. The van der Waals surface area contributed by atoms with Gasteiger partial charge in [-0.05, 0) is 43.9 Å². The van der Waals surface area contributed by atoms with E-state index in [2.05, 4.69) is 4.72 Å². The van der Waals surface area contributed by atoms with Crippen LogP contribution in [0.4, 0.5) is 26.3 Å². The lowest BCUT2D eigenvalue weighted by molar-refractivity contribution is -0.143. The second-order valence-electron chi connectivity index (χ2n) is 6.55. The van der Waals surface area contributed by atoms with Crippen LogP contribution in [0.2, 0.25) is 0 Å². The topological polar surface area (TPSA) is 46.2 Å². The molecule has 1 unspecified atom stereocenters. The number of alkyl halides is 6. The molecule has 0 saturated heterocycles. The SMILES string of the molecule is CC(NS(=O)(=O)c1cc(C(F)(F)F)cc(C(F)(F)F)c1)C1CCCCC1.